The second-order valence-corrected chi connectivity index (χ2v) is 9.20. The lowest BCUT2D eigenvalue weighted by Crippen LogP contribution is -2.31. The van der Waals surface area contributed by atoms with Crippen LogP contribution in [0.2, 0.25) is 0 Å². The highest BCUT2D eigenvalue weighted by atomic mass is 19.1. The highest BCUT2D eigenvalue weighted by Crippen LogP contribution is 2.42. The van der Waals surface area contributed by atoms with E-state index >= 15 is 0 Å². The number of ether oxygens (including phenoxy) is 1. The lowest BCUT2D eigenvalue weighted by molar-refractivity contribution is 0.0996. The van der Waals surface area contributed by atoms with E-state index in [1.165, 1.54) is 19.4 Å². The molecule has 0 radical (unpaired) electrons. The highest BCUT2D eigenvalue weighted by Gasteiger charge is 2.37. The predicted octanol–water partition coefficient (Wildman–Crippen LogP) is 3.21. The van der Waals surface area contributed by atoms with Gasteiger partial charge in [0.15, 0.2) is 0 Å². The fraction of sp³-hybridized carbons (Fsp3) is 0.360. The first kappa shape index (κ1) is 21.8. The number of carbonyl (C=O) groups is 1. The molecule has 1 saturated heterocycles. The number of nitrogens with zero attached hydrogens (tertiary/aromatic N) is 5. The Bertz CT molecular complexity index is 1320. The summed E-state index contributed by atoms with van der Waals surface area (Å²) in [4.78, 5) is 30.5. The van der Waals surface area contributed by atoms with Crippen molar-refractivity contribution >= 4 is 17.7 Å². The van der Waals surface area contributed by atoms with Crippen molar-refractivity contribution in [2.45, 2.75) is 37.5 Å². The zero-order chi connectivity index (χ0) is 24.3. The number of carbonyl (C=O) groups excluding carboxylic acids is 1. The maximum Gasteiger partial charge on any atom is 0.260 e. The number of nitrogens with two attached hydrogens (primary N) is 1. The topological polar surface area (TPSA) is 97.5 Å². The van der Waals surface area contributed by atoms with Gasteiger partial charge < -0.3 is 15.4 Å². The molecule has 2 atom stereocenters. The monoisotopic (exact) mass is 478 g/mol. The van der Waals surface area contributed by atoms with Gasteiger partial charge in [-0.15, -0.1) is 0 Å². The second-order valence-electron chi connectivity index (χ2n) is 9.20. The van der Waals surface area contributed by atoms with E-state index in [2.05, 4.69) is 15.0 Å². The molecule has 2 aliphatic heterocycles. The quantitative estimate of drug-likeness (QED) is 0.601. The van der Waals surface area contributed by atoms with E-state index < -0.39 is 18.0 Å². The van der Waals surface area contributed by atoms with Gasteiger partial charge in [-0.1, -0.05) is 6.07 Å². The van der Waals surface area contributed by atoms with Crippen LogP contribution in [0.4, 0.5) is 20.5 Å². The van der Waals surface area contributed by atoms with Gasteiger partial charge in [0.1, 0.15) is 23.6 Å². The van der Waals surface area contributed by atoms with Crippen molar-refractivity contribution in [1.29, 1.82) is 0 Å². The summed E-state index contributed by atoms with van der Waals surface area (Å²) in [6.07, 6.45) is 2.36. The Balaban J connectivity index is 1.41. The van der Waals surface area contributed by atoms with E-state index in [-0.39, 0.29) is 24.6 Å². The maximum absolute atomic E-state index is 14.9. The van der Waals surface area contributed by atoms with Crippen LogP contribution in [0.1, 0.15) is 40.4 Å². The summed E-state index contributed by atoms with van der Waals surface area (Å²) in [6.45, 7) is 0.592. The van der Waals surface area contributed by atoms with Crippen LogP contribution in [0.5, 0.6) is 5.75 Å². The Morgan fingerprint density at radius 3 is 2.71 bits per heavy atom. The Morgan fingerprint density at radius 1 is 1.17 bits per heavy atom. The molecule has 4 heterocycles. The molecular weight excluding hydrogens is 454 g/mol. The SMILES string of the molecule is COc1cccc(F)c1-c1nccc2c1CN(c1cc(C3CC3)nc(N3C[C@H](N)[C@@H](F)C3)n1)C2=O. The number of hydrogen-bond donors (Lipinski definition) is 1. The third kappa shape index (κ3) is 3.68. The minimum Gasteiger partial charge on any atom is -0.496 e. The molecule has 3 aliphatic rings. The molecule has 8 nitrogen and oxygen atoms in total. The number of anilines is 2. The van der Waals surface area contributed by atoms with Crippen LogP contribution in [0.3, 0.4) is 0 Å². The second kappa shape index (κ2) is 8.23. The standard InChI is InChI=1S/C25H24F2N6O2/c1-35-20-4-2-3-16(26)22(20)23-15-10-33(24(34)14(15)7-8-29-23)21-9-19(13-5-6-13)30-25(31-21)32-11-17(27)18(28)12-32/h2-4,7-9,13,17-18H,5-6,10-12,28H2,1H3/t17-,18-/m0/s1. The normalized spacial score (nSPS) is 21.5. The minimum atomic E-state index is -1.16. The summed E-state index contributed by atoms with van der Waals surface area (Å²) in [5.41, 5.74) is 8.31. The number of amides is 1. The summed E-state index contributed by atoms with van der Waals surface area (Å²) in [5.74, 6) is 0.698. The van der Waals surface area contributed by atoms with Gasteiger partial charge in [0, 0.05) is 35.9 Å². The van der Waals surface area contributed by atoms with Crippen LogP contribution in [-0.2, 0) is 6.54 Å². The molecule has 2 fully saturated rings. The molecule has 10 heteroatoms. The molecule has 3 aromatic rings. The summed E-state index contributed by atoms with van der Waals surface area (Å²) < 4.78 is 34.4. The third-order valence-electron chi connectivity index (χ3n) is 6.85. The van der Waals surface area contributed by atoms with Gasteiger partial charge in [0.2, 0.25) is 5.95 Å². The molecule has 0 unspecified atom stereocenters. The molecule has 2 aromatic heterocycles. The van der Waals surface area contributed by atoms with Gasteiger partial charge in [-0.2, -0.15) is 4.98 Å². The van der Waals surface area contributed by atoms with Gasteiger partial charge in [-0.05, 0) is 31.0 Å². The van der Waals surface area contributed by atoms with E-state index in [1.807, 2.05) is 6.07 Å². The zero-order valence-corrected chi connectivity index (χ0v) is 19.1. The first-order chi connectivity index (χ1) is 16.9. The molecular formula is C25H24F2N6O2. The number of methoxy groups -OCH3 is 1. The molecule has 6 rings (SSSR count). The van der Waals surface area contributed by atoms with Crippen LogP contribution in [0.25, 0.3) is 11.3 Å². The average Bonchev–Trinajstić information content (AvgIpc) is 3.59. The van der Waals surface area contributed by atoms with Crippen LogP contribution in [0, 0.1) is 5.82 Å². The molecule has 180 valence electrons. The largest absolute Gasteiger partial charge is 0.496 e. The van der Waals surface area contributed by atoms with Crippen molar-refractivity contribution in [3.05, 3.63) is 59.2 Å². The van der Waals surface area contributed by atoms with Gasteiger partial charge in [-0.3, -0.25) is 14.7 Å². The summed E-state index contributed by atoms with van der Waals surface area (Å²) in [7, 11) is 1.47. The Hall–Kier alpha value is -3.66. The van der Waals surface area contributed by atoms with Gasteiger partial charge in [-0.25, -0.2) is 13.8 Å². The van der Waals surface area contributed by atoms with Crippen LogP contribution < -0.4 is 20.3 Å². The van der Waals surface area contributed by atoms with E-state index in [0.717, 1.165) is 18.5 Å². The first-order valence-corrected chi connectivity index (χ1v) is 11.6. The van der Waals surface area contributed by atoms with Gasteiger partial charge in [0.05, 0.1) is 43.2 Å². The summed E-state index contributed by atoms with van der Waals surface area (Å²) in [6, 6.07) is 7.41. The fourth-order valence-corrected chi connectivity index (χ4v) is 4.79. The Morgan fingerprint density at radius 2 is 2.00 bits per heavy atom. The number of fused-ring (bicyclic) bond motifs is 1. The molecule has 35 heavy (non-hydrogen) atoms. The minimum absolute atomic E-state index is 0.115. The van der Waals surface area contributed by atoms with E-state index in [9.17, 15) is 13.6 Å². The van der Waals surface area contributed by atoms with Crippen LogP contribution >= 0.6 is 0 Å². The number of aromatic nitrogens is 3. The Kier molecular flexibility index (Phi) is 5.14. The fourth-order valence-electron chi connectivity index (χ4n) is 4.79. The maximum atomic E-state index is 14.9. The molecule has 1 aromatic carbocycles. The van der Waals surface area contributed by atoms with Crippen LogP contribution in [0.15, 0.2) is 36.5 Å². The first-order valence-electron chi connectivity index (χ1n) is 11.6. The molecule has 0 bridgehead atoms. The molecule has 2 N–H and O–H groups in total. The van der Waals surface area contributed by atoms with Crippen LogP contribution in [-0.4, -0.2) is 53.3 Å². The van der Waals surface area contributed by atoms with Crippen molar-refractivity contribution in [2.75, 3.05) is 30.0 Å². The van der Waals surface area contributed by atoms with Crippen molar-refractivity contribution in [3.8, 4) is 17.0 Å². The smallest absolute Gasteiger partial charge is 0.260 e. The van der Waals surface area contributed by atoms with Gasteiger partial charge in [0.25, 0.3) is 5.91 Å². The summed E-state index contributed by atoms with van der Waals surface area (Å²) >= 11 is 0. The molecule has 1 saturated carbocycles. The highest BCUT2D eigenvalue weighted by molar-refractivity contribution is 6.10. The van der Waals surface area contributed by atoms with E-state index in [4.69, 9.17) is 10.5 Å². The zero-order valence-electron chi connectivity index (χ0n) is 19.1. The number of pyridine rings is 1. The van der Waals surface area contributed by atoms with E-state index in [1.54, 1.807) is 28.0 Å². The lowest BCUT2D eigenvalue weighted by Gasteiger charge is -2.21. The molecule has 1 amide bonds. The van der Waals surface area contributed by atoms with Crippen molar-refractivity contribution < 1.29 is 18.3 Å². The summed E-state index contributed by atoms with van der Waals surface area (Å²) in [5, 5.41) is 0. The third-order valence-corrected chi connectivity index (χ3v) is 6.85. The number of alkyl halides is 1. The Labute approximate surface area is 200 Å². The van der Waals surface area contributed by atoms with Crippen molar-refractivity contribution in [1.82, 2.24) is 15.0 Å². The van der Waals surface area contributed by atoms with Gasteiger partial charge >= 0.3 is 0 Å². The number of rotatable bonds is 5. The predicted molar refractivity (Wildman–Crippen MR) is 126 cm³/mol. The number of halogens is 2. The van der Waals surface area contributed by atoms with E-state index in [0.29, 0.717) is 46.8 Å². The molecule has 1 aliphatic carbocycles. The van der Waals surface area contributed by atoms with Crippen molar-refractivity contribution in [3.63, 3.8) is 0 Å². The average molecular weight is 479 g/mol. The van der Waals surface area contributed by atoms with Crippen molar-refractivity contribution in [2.24, 2.45) is 5.73 Å². The number of hydrogen-bond acceptors (Lipinski definition) is 7. The number of benzene rings is 1. The lowest BCUT2D eigenvalue weighted by atomic mass is 10.0. The molecule has 0 spiro atoms.